The molecule has 3 fully saturated rings. The topological polar surface area (TPSA) is 58.6 Å². The van der Waals surface area contributed by atoms with Gasteiger partial charge >= 0.3 is 0 Å². The summed E-state index contributed by atoms with van der Waals surface area (Å²) >= 11 is 0. The van der Waals surface area contributed by atoms with Gasteiger partial charge < -0.3 is 4.74 Å². The minimum atomic E-state index is -3.23. The van der Waals surface area contributed by atoms with Crippen LogP contribution in [0.1, 0.15) is 36.5 Å². The first-order valence-electron chi connectivity index (χ1n) is 11.8. The van der Waals surface area contributed by atoms with Crippen molar-refractivity contribution in [3.8, 4) is 0 Å². The third kappa shape index (κ3) is 3.89. The van der Waals surface area contributed by atoms with E-state index in [0.717, 1.165) is 45.3 Å². The summed E-state index contributed by atoms with van der Waals surface area (Å²) in [4.78, 5) is 2.59. The lowest BCUT2D eigenvalue weighted by atomic mass is 9.91. The monoisotopic (exact) mass is 488 g/mol. The number of ether oxygens (including phenoxy) is 1. The second kappa shape index (κ2) is 7.98. The molecular weight excluding hydrogens is 456 g/mol. The summed E-state index contributed by atoms with van der Waals surface area (Å²) in [6.45, 7) is 5.50. The number of halogens is 1. The average Bonchev–Trinajstić information content (AvgIpc) is 3.62. The number of nitrogens with one attached hydrogen (secondary N) is 1. The number of fused-ring (bicyclic) bond motifs is 2. The second-order valence-corrected chi connectivity index (χ2v) is 12.6. The first-order chi connectivity index (χ1) is 15.3. The number of piperidine rings is 1. The van der Waals surface area contributed by atoms with Crippen molar-refractivity contribution in [3.05, 3.63) is 65.2 Å². The van der Waals surface area contributed by atoms with Crippen molar-refractivity contribution in [1.82, 2.24) is 4.90 Å². The Hall–Kier alpha value is -1.60. The molecule has 1 saturated heterocycles. The Bertz CT molecular complexity index is 1130. The van der Waals surface area contributed by atoms with Gasteiger partial charge in [-0.2, -0.15) is 0 Å². The molecule has 2 aromatic carbocycles. The van der Waals surface area contributed by atoms with Gasteiger partial charge in [-0.25, -0.2) is 8.42 Å². The quantitative estimate of drug-likeness (QED) is 0.639. The molecule has 7 heteroatoms. The van der Waals surface area contributed by atoms with Crippen LogP contribution in [0.5, 0.6) is 0 Å². The first kappa shape index (κ1) is 23.2. The van der Waals surface area contributed by atoms with E-state index in [9.17, 15) is 8.42 Å². The lowest BCUT2D eigenvalue weighted by Gasteiger charge is -2.34. The maximum Gasteiger partial charge on any atom is 0.235 e. The zero-order valence-electron chi connectivity index (χ0n) is 19.3. The van der Waals surface area contributed by atoms with Gasteiger partial charge in [0.15, 0.2) is 0 Å². The van der Waals surface area contributed by atoms with Crippen molar-refractivity contribution in [1.29, 1.82) is 0 Å². The number of anilines is 1. The van der Waals surface area contributed by atoms with Gasteiger partial charge in [0.1, 0.15) is 0 Å². The molecule has 33 heavy (non-hydrogen) atoms. The molecule has 0 bridgehead atoms. The third-order valence-electron chi connectivity index (χ3n) is 8.62. The summed E-state index contributed by atoms with van der Waals surface area (Å²) in [5.41, 5.74) is 4.84. The summed E-state index contributed by atoms with van der Waals surface area (Å²) < 4.78 is 33.6. The van der Waals surface area contributed by atoms with Crippen LogP contribution in [0.4, 0.5) is 5.69 Å². The molecule has 3 aliphatic carbocycles. The maximum absolute atomic E-state index is 12.4. The summed E-state index contributed by atoms with van der Waals surface area (Å²) in [6.07, 6.45) is 3.54. The van der Waals surface area contributed by atoms with Crippen molar-refractivity contribution in [2.75, 3.05) is 31.5 Å². The zero-order chi connectivity index (χ0) is 22.1. The van der Waals surface area contributed by atoms with Crippen molar-refractivity contribution in [3.63, 3.8) is 0 Å². The number of benzene rings is 2. The van der Waals surface area contributed by atoms with E-state index < -0.39 is 10.0 Å². The van der Waals surface area contributed by atoms with E-state index in [-0.39, 0.29) is 28.7 Å². The highest BCUT2D eigenvalue weighted by Gasteiger charge is 2.66. The van der Waals surface area contributed by atoms with Gasteiger partial charge in [-0.3, -0.25) is 9.62 Å². The number of hydrogen-bond donors (Lipinski definition) is 1. The van der Waals surface area contributed by atoms with E-state index in [2.05, 4.69) is 52.9 Å². The van der Waals surface area contributed by atoms with Crippen molar-refractivity contribution < 1.29 is 13.2 Å². The van der Waals surface area contributed by atoms with E-state index in [1.165, 1.54) is 16.7 Å². The SMILES string of the molecule is COC1(CN2C[C@@H]3[C@H](C2)C3(C)c2cccc(NS(=O)(=O)C3CC3)c2)Cc2ccccc2C1.Cl. The number of likely N-dealkylation sites (tertiary alicyclic amines) is 1. The molecule has 2 aromatic rings. The molecule has 0 amide bonds. The summed E-state index contributed by atoms with van der Waals surface area (Å²) in [7, 11) is -1.37. The Balaban J connectivity index is 0.00000228. The Kier molecular flexibility index (Phi) is 5.60. The lowest BCUT2D eigenvalue weighted by molar-refractivity contribution is -0.0274. The van der Waals surface area contributed by atoms with Crippen molar-refractivity contribution in [2.24, 2.45) is 11.8 Å². The predicted octanol–water partition coefficient (Wildman–Crippen LogP) is 4.02. The van der Waals surface area contributed by atoms with Crippen LogP contribution in [0, 0.1) is 11.8 Å². The molecule has 6 rings (SSSR count). The summed E-state index contributed by atoms with van der Waals surface area (Å²) in [6, 6.07) is 16.8. The molecule has 2 saturated carbocycles. The fourth-order valence-electron chi connectivity index (χ4n) is 6.45. The fraction of sp³-hybridized carbons (Fsp3) is 0.538. The van der Waals surface area contributed by atoms with Gasteiger partial charge in [0, 0.05) is 50.7 Å². The Morgan fingerprint density at radius 3 is 2.24 bits per heavy atom. The Morgan fingerprint density at radius 1 is 1.03 bits per heavy atom. The lowest BCUT2D eigenvalue weighted by Crippen LogP contribution is -2.46. The molecule has 0 spiro atoms. The minimum absolute atomic E-state index is 0. The largest absolute Gasteiger partial charge is 0.376 e. The number of nitrogens with zero attached hydrogens (tertiary/aromatic N) is 1. The minimum Gasteiger partial charge on any atom is -0.376 e. The molecule has 3 atom stereocenters. The molecule has 0 aromatic heterocycles. The predicted molar refractivity (Wildman–Crippen MR) is 134 cm³/mol. The Morgan fingerprint density at radius 2 is 1.67 bits per heavy atom. The number of hydrogen-bond acceptors (Lipinski definition) is 4. The molecule has 1 heterocycles. The van der Waals surface area contributed by atoms with E-state index in [1.54, 1.807) is 0 Å². The van der Waals surface area contributed by atoms with Gasteiger partial charge in [-0.05, 0) is 53.5 Å². The molecule has 5 nitrogen and oxygen atoms in total. The van der Waals surface area contributed by atoms with Crippen LogP contribution in [0.3, 0.4) is 0 Å². The van der Waals surface area contributed by atoms with Gasteiger partial charge in [0.05, 0.1) is 10.9 Å². The highest BCUT2D eigenvalue weighted by Crippen LogP contribution is 2.63. The number of rotatable bonds is 7. The number of sulfonamides is 1. The first-order valence-corrected chi connectivity index (χ1v) is 13.3. The fourth-order valence-corrected chi connectivity index (χ4v) is 7.83. The van der Waals surface area contributed by atoms with Gasteiger partial charge in [-0.15, -0.1) is 12.4 Å². The molecule has 1 unspecified atom stereocenters. The maximum atomic E-state index is 12.4. The Labute approximate surface area is 203 Å². The molecule has 1 aliphatic heterocycles. The molecule has 178 valence electrons. The van der Waals surface area contributed by atoms with Crippen LogP contribution < -0.4 is 4.72 Å². The molecule has 4 aliphatic rings. The zero-order valence-corrected chi connectivity index (χ0v) is 20.9. The van der Waals surface area contributed by atoms with E-state index in [0.29, 0.717) is 17.5 Å². The second-order valence-electron chi connectivity index (χ2n) is 10.6. The van der Waals surface area contributed by atoms with Gasteiger partial charge in [0.2, 0.25) is 10.0 Å². The van der Waals surface area contributed by atoms with Crippen LogP contribution in [-0.4, -0.2) is 50.9 Å². The third-order valence-corrected chi connectivity index (χ3v) is 10.5. The molecular formula is C26H33ClN2O3S. The van der Waals surface area contributed by atoms with Gasteiger partial charge in [0.25, 0.3) is 0 Å². The summed E-state index contributed by atoms with van der Waals surface area (Å²) in [5, 5.41) is -0.203. The standard InChI is InChI=1S/C26H32N2O3S.ClH/c1-25(20-8-5-9-21(12-20)27-32(29,30)22-10-11-22)23-15-28(16-24(23)25)17-26(31-2)13-18-6-3-4-7-19(18)14-26;/h3-9,12,22-24,27H,10-11,13-17H2,1-2H3;1H/t23-,24+,25?;. The van der Waals surface area contributed by atoms with Crippen LogP contribution in [0.15, 0.2) is 48.5 Å². The highest BCUT2D eigenvalue weighted by molar-refractivity contribution is 7.93. The number of methoxy groups -OCH3 is 1. The van der Waals surface area contributed by atoms with E-state index in [4.69, 9.17) is 4.74 Å². The molecule has 0 radical (unpaired) electrons. The van der Waals surface area contributed by atoms with E-state index >= 15 is 0 Å². The van der Waals surface area contributed by atoms with Crippen LogP contribution >= 0.6 is 12.4 Å². The average molecular weight is 489 g/mol. The molecule has 1 N–H and O–H groups in total. The van der Waals surface area contributed by atoms with Crippen LogP contribution in [-0.2, 0) is 33.0 Å². The smallest absolute Gasteiger partial charge is 0.235 e. The summed E-state index contributed by atoms with van der Waals surface area (Å²) in [5.74, 6) is 1.24. The van der Waals surface area contributed by atoms with Crippen LogP contribution in [0.25, 0.3) is 0 Å². The van der Waals surface area contributed by atoms with Crippen molar-refractivity contribution >= 4 is 28.1 Å². The van der Waals surface area contributed by atoms with Crippen molar-refractivity contribution in [2.45, 2.75) is 48.9 Å². The highest BCUT2D eigenvalue weighted by atomic mass is 35.5. The van der Waals surface area contributed by atoms with E-state index in [1.807, 2.05) is 19.2 Å². The van der Waals surface area contributed by atoms with Crippen LogP contribution in [0.2, 0.25) is 0 Å². The normalized spacial score (nSPS) is 29.8. The van der Waals surface area contributed by atoms with Gasteiger partial charge in [-0.1, -0.05) is 43.3 Å².